The fourth-order valence-electron chi connectivity index (χ4n) is 4.52. The molecule has 0 unspecified atom stereocenters. The van der Waals surface area contributed by atoms with Gasteiger partial charge in [0.15, 0.2) is 0 Å². The van der Waals surface area contributed by atoms with Crippen LogP contribution in [0, 0.1) is 0 Å². The molecular weight excluding hydrogens is 408 g/mol. The van der Waals surface area contributed by atoms with E-state index in [0.29, 0.717) is 0 Å². The second kappa shape index (κ2) is 9.03. The predicted octanol–water partition coefficient (Wildman–Crippen LogP) is 8.05. The third-order valence-electron chi connectivity index (χ3n) is 6.09. The third-order valence-corrected chi connectivity index (χ3v) is 6.09. The molecule has 0 aromatic heterocycles. The van der Waals surface area contributed by atoms with Crippen LogP contribution in [0.4, 0.5) is 0 Å². The second-order valence-electron chi connectivity index (χ2n) is 9.13. The van der Waals surface area contributed by atoms with E-state index in [0.717, 1.165) is 33.4 Å². The lowest BCUT2D eigenvalue weighted by Gasteiger charge is -2.27. The van der Waals surface area contributed by atoms with Gasteiger partial charge in [0.05, 0.1) is 0 Å². The summed E-state index contributed by atoms with van der Waals surface area (Å²) in [5, 5.41) is 29.7. The van der Waals surface area contributed by atoms with E-state index in [1.807, 2.05) is 36.4 Å². The van der Waals surface area contributed by atoms with Crippen LogP contribution in [0.3, 0.4) is 0 Å². The van der Waals surface area contributed by atoms with Crippen LogP contribution in [0.2, 0.25) is 0 Å². The van der Waals surface area contributed by atoms with Crippen LogP contribution in [0.5, 0.6) is 17.2 Å². The highest BCUT2D eigenvalue weighted by molar-refractivity contribution is 5.93. The van der Waals surface area contributed by atoms with E-state index < -0.39 is 0 Å². The number of hydrogen-bond acceptors (Lipinski definition) is 3. The highest BCUT2D eigenvalue weighted by Gasteiger charge is 2.24. The van der Waals surface area contributed by atoms with Crippen molar-refractivity contribution in [3.05, 3.63) is 90.0 Å². The Hall–Kier alpha value is -3.72. The minimum absolute atomic E-state index is 0.217. The van der Waals surface area contributed by atoms with E-state index in [1.165, 1.54) is 11.1 Å². The molecule has 0 aliphatic rings. The molecule has 0 saturated carbocycles. The van der Waals surface area contributed by atoms with Gasteiger partial charge in [-0.05, 0) is 98.8 Å². The molecule has 0 atom stereocenters. The molecule has 3 heteroatoms. The Labute approximate surface area is 195 Å². The smallest absolute Gasteiger partial charge is 0.115 e. The first kappa shape index (κ1) is 22.5. The maximum Gasteiger partial charge on any atom is 0.115 e. The lowest BCUT2D eigenvalue weighted by atomic mass is 9.77. The molecular formula is C30H30O3. The topological polar surface area (TPSA) is 60.7 Å². The predicted molar refractivity (Wildman–Crippen MR) is 136 cm³/mol. The van der Waals surface area contributed by atoms with E-state index in [2.05, 4.69) is 33.8 Å². The van der Waals surface area contributed by atoms with E-state index in [-0.39, 0.29) is 29.1 Å². The minimum Gasteiger partial charge on any atom is -0.508 e. The first-order valence-electron chi connectivity index (χ1n) is 11.3. The molecule has 33 heavy (non-hydrogen) atoms. The first-order valence-corrected chi connectivity index (χ1v) is 11.3. The normalized spacial score (nSPS) is 11.3. The quantitative estimate of drug-likeness (QED) is 0.295. The molecule has 0 bridgehead atoms. The van der Waals surface area contributed by atoms with Crippen LogP contribution in [0.15, 0.2) is 78.9 Å². The van der Waals surface area contributed by atoms with Crippen molar-refractivity contribution in [3.8, 4) is 50.6 Å². The number of rotatable bonds is 5. The van der Waals surface area contributed by atoms with Crippen LogP contribution in [-0.4, -0.2) is 15.3 Å². The van der Waals surface area contributed by atoms with Crippen molar-refractivity contribution in [2.24, 2.45) is 0 Å². The Morgan fingerprint density at radius 3 is 1.27 bits per heavy atom. The molecule has 168 valence electrons. The standard InChI is InChI=1S/C30H30O3/c1-18(2)26-17-27(20-5-11-23(31)12-6-20)28(19(3)4)30(22-9-15-25(33)16-10-22)29(26)21-7-13-24(32)14-8-21/h5-19,31-33H,1-4H3. The minimum atomic E-state index is 0.217. The molecule has 0 heterocycles. The van der Waals surface area contributed by atoms with Gasteiger partial charge in [-0.15, -0.1) is 0 Å². The van der Waals surface area contributed by atoms with E-state index in [1.54, 1.807) is 36.4 Å². The van der Waals surface area contributed by atoms with Crippen LogP contribution < -0.4 is 0 Å². The Bertz CT molecular complexity index is 1250. The number of aromatic hydroxyl groups is 3. The highest BCUT2D eigenvalue weighted by atomic mass is 16.3. The number of phenolic OH excluding ortho intramolecular Hbond substituents is 3. The average Bonchev–Trinajstić information content (AvgIpc) is 2.79. The monoisotopic (exact) mass is 438 g/mol. The van der Waals surface area contributed by atoms with Crippen molar-refractivity contribution >= 4 is 0 Å². The van der Waals surface area contributed by atoms with E-state index in [9.17, 15) is 15.3 Å². The van der Waals surface area contributed by atoms with Gasteiger partial charge < -0.3 is 15.3 Å². The van der Waals surface area contributed by atoms with E-state index in [4.69, 9.17) is 0 Å². The SMILES string of the molecule is CC(C)c1cc(-c2ccc(O)cc2)c(C(C)C)c(-c2ccc(O)cc2)c1-c1ccc(O)cc1. The Balaban J connectivity index is 2.17. The fourth-order valence-corrected chi connectivity index (χ4v) is 4.52. The number of benzene rings is 4. The van der Waals surface area contributed by atoms with E-state index >= 15 is 0 Å². The summed E-state index contributed by atoms with van der Waals surface area (Å²) >= 11 is 0. The summed E-state index contributed by atoms with van der Waals surface area (Å²) in [6.07, 6.45) is 0. The second-order valence-corrected chi connectivity index (χ2v) is 9.13. The summed E-state index contributed by atoms with van der Waals surface area (Å²) in [4.78, 5) is 0. The third kappa shape index (κ3) is 4.45. The lowest BCUT2D eigenvalue weighted by Crippen LogP contribution is -2.04. The zero-order valence-electron chi connectivity index (χ0n) is 19.5. The van der Waals surface area contributed by atoms with Crippen molar-refractivity contribution < 1.29 is 15.3 Å². The molecule has 0 aliphatic carbocycles. The first-order chi connectivity index (χ1) is 15.8. The van der Waals surface area contributed by atoms with Crippen LogP contribution in [0.25, 0.3) is 33.4 Å². The summed E-state index contributed by atoms with van der Waals surface area (Å²) in [7, 11) is 0. The zero-order valence-corrected chi connectivity index (χ0v) is 19.5. The molecule has 0 amide bonds. The van der Waals surface area contributed by atoms with Gasteiger partial charge in [0.2, 0.25) is 0 Å². The van der Waals surface area contributed by atoms with Gasteiger partial charge >= 0.3 is 0 Å². The lowest BCUT2D eigenvalue weighted by molar-refractivity contribution is 0.475. The zero-order chi connectivity index (χ0) is 23.7. The molecule has 3 N–H and O–H groups in total. The van der Waals surface area contributed by atoms with Gasteiger partial charge in [0, 0.05) is 0 Å². The molecule has 4 rings (SSSR count). The van der Waals surface area contributed by atoms with Crippen molar-refractivity contribution in [1.29, 1.82) is 0 Å². The summed E-state index contributed by atoms with van der Waals surface area (Å²) in [6.45, 7) is 8.77. The fraction of sp³-hybridized carbons (Fsp3) is 0.200. The maximum absolute atomic E-state index is 9.95. The molecule has 4 aromatic rings. The molecule has 0 fully saturated rings. The van der Waals surface area contributed by atoms with Crippen molar-refractivity contribution in [1.82, 2.24) is 0 Å². The summed E-state index contributed by atoms with van der Waals surface area (Å²) in [6, 6.07) is 24.4. The van der Waals surface area contributed by atoms with Gasteiger partial charge in [0.25, 0.3) is 0 Å². The maximum atomic E-state index is 9.95. The molecule has 0 saturated heterocycles. The molecule has 0 aliphatic heterocycles. The molecule has 0 spiro atoms. The average molecular weight is 439 g/mol. The highest BCUT2D eigenvalue weighted by Crippen LogP contribution is 2.47. The number of phenols is 3. The van der Waals surface area contributed by atoms with Crippen LogP contribution >= 0.6 is 0 Å². The van der Waals surface area contributed by atoms with Gasteiger partial charge in [-0.25, -0.2) is 0 Å². The van der Waals surface area contributed by atoms with Gasteiger partial charge in [-0.2, -0.15) is 0 Å². The summed E-state index contributed by atoms with van der Waals surface area (Å²) in [5.74, 6) is 1.18. The Kier molecular flexibility index (Phi) is 6.15. The molecule has 3 nitrogen and oxygen atoms in total. The van der Waals surface area contributed by atoms with Gasteiger partial charge in [0.1, 0.15) is 17.2 Å². The summed E-state index contributed by atoms with van der Waals surface area (Å²) in [5.41, 5.74) is 8.94. The van der Waals surface area contributed by atoms with Gasteiger partial charge in [-0.1, -0.05) is 64.1 Å². The Morgan fingerprint density at radius 1 is 0.485 bits per heavy atom. The van der Waals surface area contributed by atoms with Crippen molar-refractivity contribution in [3.63, 3.8) is 0 Å². The number of hydrogen-bond donors (Lipinski definition) is 3. The van der Waals surface area contributed by atoms with Crippen molar-refractivity contribution in [2.45, 2.75) is 39.5 Å². The van der Waals surface area contributed by atoms with Crippen LogP contribution in [-0.2, 0) is 0 Å². The molecule has 4 aromatic carbocycles. The van der Waals surface area contributed by atoms with Crippen molar-refractivity contribution in [2.75, 3.05) is 0 Å². The summed E-state index contributed by atoms with van der Waals surface area (Å²) < 4.78 is 0. The molecule has 0 radical (unpaired) electrons. The van der Waals surface area contributed by atoms with Crippen LogP contribution in [0.1, 0.15) is 50.7 Å². The largest absolute Gasteiger partial charge is 0.508 e. The van der Waals surface area contributed by atoms with Gasteiger partial charge in [-0.3, -0.25) is 0 Å². The Morgan fingerprint density at radius 2 is 0.879 bits per heavy atom.